The Morgan fingerprint density at radius 3 is 1.00 bits per heavy atom. The Balaban J connectivity index is -0.000000122. The molecule has 7 heteroatoms. The van der Waals surface area contributed by atoms with E-state index in [0.717, 1.165) is 64.2 Å². The van der Waals surface area contributed by atoms with E-state index in [0.29, 0.717) is 24.0 Å². The topological polar surface area (TPSA) is 121 Å². The third-order valence-corrected chi connectivity index (χ3v) is 4.64. The average molecular weight is 539 g/mol. The molecule has 0 aromatic carbocycles. The normalized spacial score (nSPS) is 10.3. The van der Waals surface area contributed by atoms with Crippen molar-refractivity contribution >= 4 is 11.9 Å². The summed E-state index contributed by atoms with van der Waals surface area (Å²) >= 11 is 0. The summed E-state index contributed by atoms with van der Waals surface area (Å²) in [6.45, 7) is 18.0. The van der Waals surface area contributed by atoms with Gasteiger partial charge in [0.05, 0.1) is 0 Å². The monoisotopic (exact) mass is 538 g/mol. The van der Waals surface area contributed by atoms with Gasteiger partial charge in [0, 0.05) is 25.2 Å². The summed E-state index contributed by atoms with van der Waals surface area (Å²) in [6.07, 6.45) is 12.6. The fourth-order valence-electron chi connectivity index (χ4n) is 2.52. The van der Waals surface area contributed by atoms with Crippen LogP contribution in [0.4, 0.5) is 0 Å². The molecule has 0 rings (SSSR count). The molecule has 0 aromatic heterocycles. The number of unbranched alkanes of at least 4 members (excludes halogenated alkanes) is 6. The van der Waals surface area contributed by atoms with E-state index in [-0.39, 0.29) is 34.6 Å². The first-order valence-corrected chi connectivity index (χ1v) is 13.3. The Morgan fingerprint density at radius 1 is 0.571 bits per heavy atom. The number of aliphatic hydroxyl groups excluding tert-OH is 2. The fraction of sp³-hybridized carbons (Fsp3) is 0.929. The maximum Gasteiger partial charge on any atom is 2.00 e. The smallest absolute Gasteiger partial charge is 0.550 e. The second-order valence-corrected chi connectivity index (χ2v) is 11.1. The van der Waals surface area contributed by atoms with Crippen molar-refractivity contribution in [3.63, 3.8) is 0 Å². The van der Waals surface area contributed by atoms with Crippen LogP contribution in [0.5, 0.6) is 0 Å². The molecule has 0 saturated heterocycles. The molecule has 0 aliphatic rings. The van der Waals surface area contributed by atoms with Gasteiger partial charge in [0.15, 0.2) is 0 Å². The first kappa shape index (κ1) is 44.6. The first-order chi connectivity index (χ1) is 15.7. The Morgan fingerprint density at radius 2 is 0.857 bits per heavy atom. The van der Waals surface area contributed by atoms with Crippen LogP contribution in [0.15, 0.2) is 0 Å². The number of carbonyl (C=O) groups excluding carboxylic acids is 2. The largest absolute Gasteiger partial charge is 2.00 e. The molecule has 35 heavy (non-hydrogen) atoms. The van der Waals surface area contributed by atoms with Gasteiger partial charge in [-0.15, -0.1) is 0 Å². The van der Waals surface area contributed by atoms with Crippen LogP contribution in [0, 0.1) is 10.8 Å². The molecule has 0 unspecified atom stereocenters. The molecule has 0 spiro atoms. The van der Waals surface area contributed by atoms with Gasteiger partial charge in [-0.3, -0.25) is 0 Å². The number of hydrogen-bond donors (Lipinski definition) is 2. The minimum absolute atomic E-state index is 0. The molecular formula is C28H58O6Ti. The van der Waals surface area contributed by atoms with Crippen LogP contribution < -0.4 is 10.2 Å². The van der Waals surface area contributed by atoms with E-state index < -0.39 is 11.9 Å². The summed E-state index contributed by atoms with van der Waals surface area (Å²) < 4.78 is 0. The Labute approximate surface area is 232 Å². The van der Waals surface area contributed by atoms with Crippen molar-refractivity contribution in [2.75, 3.05) is 13.2 Å². The quantitative estimate of drug-likeness (QED) is 0.237. The number of carboxylic acids is 2. The maximum absolute atomic E-state index is 10.0. The number of carboxylic acid groups (broad SMARTS) is 2. The minimum Gasteiger partial charge on any atom is -0.550 e. The summed E-state index contributed by atoms with van der Waals surface area (Å²) in [7, 11) is 0. The van der Waals surface area contributed by atoms with E-state index >= 15 is 0 Å². The van der Waals surface area contributed by atoms with E-state index in [1.54, 1.807) is 0 Å². The van der Waals surface area contributed by atoms with Crippen molar-refractivity contribution in [3.8, 4) is 0 Å². The van der Waals surface area contributed by atoms with Gasteiger partial charge in [-0.05, 0) is 62.2 Å². The summed E-state index contributed by atoms with van der Waals surface area (Å²) in [5.74, 6) is -1.85. The molecule has 0 heterocycles. The van der Waals surface area contributed by atoms with Crippen LogP contribution in [-0.2, 0) is 31.3 Å². The molecule has 0 saturated carbocycles. The molecule has 0 aliphatic heterocycles. The van der Waals surface area contributed by atoms with E-state index in [1.807, 2.05) is 0 Å². The second-order valence-electron chi connectivity index (χ2n) is 11.1. The Bertz CT molecular complexity index is 384. The van der Waals surface area contributed by atoms with Crippen LogP contribution >= 0.6 is 0 Å². The molecule has 6 nitrogen and oxygen atoms in total. The van der Waals surface area contributed by atoms with Gasteiger partial charge in [-0.1, -0.05) is 93.9 Å². The predicted molar refractivity (Wildman–Crippen MR) is 139 cm³/mol. The van der Waals surface area contributed by atoms with Gasteiger partial charge in [0.2, 0.25) is 0 Å². The SMILES string of the molecule is CC(C)(C)CCCCCC(=O)[O-].CC(C)(C)CCCCCC(=O)[O-].CCCCO.CCCCO.[Ti+2]. The molecule has 210 valence electrons. The molecule has 0 radical (unpaired) electrons. The van der Waals surface area contributed by atoms with E-state index in [1.165, 1.54) is 12.8 Å². The van der Waals surface area contributed by atoms with Crippen molar-refractivity contribution < 1.29 is 51.7 Å². The van der Waals surface area contributed by atoms with Gasteiger partial charge in [0.1, 0.15) is 0 Å². The van der Waals surface area contributed by atoms with Crippen molar-refractivity contribution in [1.82, 2.24) is 0 Å². The number of aliphatic hydroxyl groups is 2. The summed E-state index contributed by atoms with van der Waals surface area (Å²) in [5, 5.41) is 36.2. The van der Waals surface area contributed by atoms with Crippen molar-refractivity contribution in [1.29, 1.82) is 0 Å². The summed E-state index contributed by atoms with van der Waals surface area (Å²) in [4.78, 5) is 20.1. The second kappa shape index (κ2) is 31.6. The van der Waals surface area contributed by atoms with Crippen LogP contribution in [0.2, 0.25) is 0 Å². The van der Waals surface area contributed by atoms with Gasteiger partial charge < -0.3 is 30.0 Å². The zero-order valence-electron chi connectivity index (χ0n) is 24.3. The van der Waals surface area contributed by atoms with E-state index in [9.17, 15) is 19.8 Å². The molecule has 0 aliphatic carbocycles. The third kappa shape index (κ3) is 71.9. The van der Waals surface area contributed by atoms with Gasteiger partial charge >= 0.3 is 21.7 Å². The predicted octanol–water partition coefficient (Wildman–Crippen LogP) is 5.02. The first-order valence-electron chi connectivity index (χ1n) is 13.3. The van der Waals surface area contributed by atoms with Crippen molar-refractivity contribution in [3.05, 3.63) is 0 Å². The van der Waals surface area contributed by atoms with Crippen molar-refractivity contribution in [2.24, 2.45) is 10.8 Å². The van der Waals surface area contributed by atoms with Crippen LogP contribution in [0.3, 0.4) is 0 Å². The molecule has 0 atom stereocenters. The summed E-state index contributed by atoms with van der Waals surface area (Å²) in [6, 6.07) is 0. The van der Waals surface area contributed by atoms with E-state index in [4.69, 9.17) is 10.2 Å². The van der Waals surface area contributed by atoms with Gasteiger partial charge in [-0.2, -0.15) is 0 Å². The Hall–Kier alpha value is -0.426. The third-order valence-electron chi connectivity index (χ3n) is 4.64. The number of aliphatic carboxylic acids is 2. The van der Waals surface area contributed by atoms with Crippen LogP contribution in [0.1, 0.15) is 145 Å². The molecular weight excluding hydrogens is 480 g/mol. The standard InChI is InChI=1S/2C10H20O2.2C4H10O.Ti/c2*1-10(2,3)8-6-4-5-7-9(11)12;2*1-2-3-4-5;/h2*4-8H2,1-3H3,(H,11,12);2*5H,2-4H2,1H3;/q;;;;+2/p-2. The Kier molecular flexibility index (Phi) is 40.2. The molecule has 2 N–H and O–H groups in total. The molecule has 0 fully saturated rings. The van der Waals surface area contributed by atoms with Crippen LogP contribution in [0.25, 0.3) is 0 Å². The van der Waals surface area contributed by atoms with Crippen LogP contribution in [-0.4, -0.2) is 35.4 Å². The zero-order valence-corrected chi connectivity index (χ0v) is 25.9. The van der Waals surface area contributed by atoms with E-state index in [2.05, 4.69) is 55.4 Å². The molecule has 0 amide bonds. The number of rotatable bonds is 14. The van der Waals surface area contributed by atoms with Crippen molar-refractivity contribution in [2.45, 2.75) is 145 Å². The molecule has 0 aromatic rings. The summed E-state index contributed by atoms with van der Waals surface area (Å²) in [5.41, 5.74) is 0.753. The van der Waals surface area contributed by atoms with Gasteiger partial charge in [0.25, 0.3) is 0 Å². The maximum atomic E-state index is 10.0. The average Bonchev–Trinajstić information content (AvgIpc) is 2.68. The minimum atomic E-state index is -0.925. The van der Waals surface area contributed by atoms with Gasteiger partial charge in [-0.25, -0.2) is 0 Å². The zero-order chi connectivity index (χ0) is 27.5. The number of carbonyl (C=O) groups is 2. The fourth-order valence-corrected chi connectivity index (χ4v) is 2.52. The molecule has 0 bridgehead atoms. The number of hydrogen-bond acceptors (Lipinski definition) is 6.